The molecule has 4 aliphatic rings. The molecular formula is C69H86F9N21O6. The van der Waals surface area contributed by atoms with Crippen molar-refractivity contribution < 1.29 is 75.4 Å². The van der Waals surface area contributed by atoms with Crippen molar-refractivity contribution in [3.8, 4) is 34.2 Å². The van der Waals surface area contributed by atoms with E-state index >= 15 is 0 Å². The monoisotopic (exact) mass is 1480 g/mol. The Balaban J connectivity index is 0.000000252. The zero-order valence-corrected chi connectivity index (χ0v) is 57.7. The molecule has 0 spiro atoms. The standard InChI is InChI=1S/C24H28F3N7O2.C23H26F3N7O2.C22H22F3N7O2.5H2/c1-23(2,3)11-19(35)33-9-10-34(17(13-33)22(36)31-14-24(25,26)27)18-6-8-29-21(32-18)16-12-30-20-15(16)5-4-7-28-20;1-14(2)10-19(34)32-8-9-33(17(12-32)22(35)30-13-23(24,25)26)18-5-7-28-21(31-18)16-11-29-20-15(16)4-3-6-27-20;23-22(24,25)12-29-20(33)16-11-31(21(34)13-3-4-13)8-9-32(16)17-5-7-27-19(30-17)15-10-28-18-14(15)2-1-6-26-18;;;;;/h4-8,12,17H,9-11,13-14H2,1-3H3,(H,28,30)(H,31,36);3-7,11,14,17H,8-10,12-13H2,1-2H3,(H,27,29)(H,30,35);1-2,5-7,10,13,16H,3-4,8-9,11-12H2,(H,26,28)(H,29,33);5*1H/t2*17-;16-;;;;;/m111...../s1. The molecule has 4 fully saturated rings. The summed E-state index contributed by atoms with van der Waals surface area (Å²) in [5.41, 5.74) is 3.86. The number of amides is 6. The Bertz CT molecular complexity index is 4620. The van der Waals surface area contributed by atoms with Crippen LogP contribution in [-0.2, 0) is 28.8 Å². The van der Waals surface area contributed by atoms with Gasteiger partial charge in [-0.1, -0.05) is 34.6 Å². The Kier molecular flexibility index (Phi) is 22.5. The molecule has 6 amide bonds. The molecule has 13 rings (SSSR count). The van der Waals surface area contributed by atoms with Crippen molar-refractivity contribution in [2.24, 2.45) is 17.3 Å². The first-order chi connectivity index (χ1) is 49.8. The molecule has 0 bridgehead atoms. The third-order valence-corrected chi connectivity index (χ3v) is 17.5. The van der Waals surface area contributed by atoms with Crippen LogP contribution in [0.3, 0.4) is 0 Å². The van der Waals surface area contributed by atoms with E-state index in [4.69, 9.17) is 0 Å². The molecule has 566 valence electrons. The molecule has 0 unspecified atom stereocenters. The summed E-state index contributed by atoms with van der Waals surface area (Å²) in [6.07, 6.45) is 3.30. The summed E-state index contributed by atoms with van der Waals surface area (Å²) in [6, 6.07) is 12.7. The highest BCUT2D eigenvalue weighted by atomic mass is 19.4. The number of piperazine rings is 3. The van der Waals surface area contributed by atoms with Crippen molar-refractivity contribution in [2.45, 2.75) is 97.0 Å². The number of carbonyl (C=O) groups excluding carboxylic acids is 6. The van der Waals surface area contributed by atoms with Gasteiger partial charge in [-0.2, -0.15) is 39.5 Å². The van der Waals surface area contributed by atoms with Crippen molar-refractivity contribution >= 4 is 86.0 Å². The van der Waals surface area contributed by atoms with Crippen LogP contribution in [0.1, 0.15) is 67.4 Å². The fraction of sp³-hybridized carbons (Fsp3) is 0.435. The molecule has 12 heterocycles. The molecule has 0 aromatic carbocycles. The summed E-state index contributed by atoms with van der Waals surface area (Å²) in [4.78, 5) is 135. The number of carbonyl (C=O) groups is 6. The van der Waals surface area contributed by atoms with Crippen LogP contribution in [0.5, 0.6) is 0 Å². The third-order valence-electron chi connectivity index (χ3n) is 17.5. The van der Waals surface area contributed by atoms with E-state index in [-0.39, 0.29) is 87.8 Å². The molecule has 1 saturated carbocycles. The number of aromatic amines is 3. The van der Waals surface area contributed by atoms with Gasteiger partial charge in [-0.05, 0) is 78.8 Å². The Labute approximate surface area is 602 Å². The van der Waals surface area contributed by atoms with Gasteiger partial charge in [0.25, 0.3) is 0 Å². The highest BCUT2D eigenvalue weighted by Crippen LogP contribution is 2.35. The maximum absolute atomic E-state index is 12.9. The van der Waals surface area contributed by atoms with Crippen LogP contribution >= 0.6 is 0 Å². The summed E-state index contributed by atoms with van der Waals surface area (Å²) >= 11 is 0. The van der Waals surface area contributed by atoms with Gasteiger partial charge in [0.05, 0.1) is 19.6 Å². The number of hydrogen-bond acceptors (Lipinski definition) is 18. The van der Waals surface area contributed by atoms with Gasteiger partial charge in [-0.25, -0.2) is 44.9 Å². The van der Waals surface area contributed by atoms with Crippen LogP contribution < -0.4 is 30.7 Å². The number of nitrogens with zero attached hydrogens (tertiary/aromatic N) is 15. The summed E-state index contributed by atoms with van der Waals surface area (Å²) in [5, 5.41) is 8.33. The maximum atomic E-state index is 12.9. The number of pyridine rings is 3. The van der Waals surface area contributed by atoms with E-state index in [1.54, 1.807) is 99.4 Å². The number of rotatable bonds is 16. The first kappa shape index (κ1) is 75.1. The molecule has 36 heteroatoms. The zero-order chi connectivity index (χ0) is 75.1. The second-order valence-corrected chi connectivity index (χ2v) is 27.2. The minimum Gasteiger partial charge on any atom is -0.345 e. The number of alkyl halides is 9. The fourth-order valence-electron chi connectivity index (χ4n) is 12.4. The minimum atomic E-state index is -4.55. The van der Waals surface area contributed by atoms with Crippen molar-refractivity contribution in [3.63, 3.8) is 0 Å². The number of H-pyrrole nitrogens is 3. The van der Waals surface area contributed by atoms with E-state index in [1.165, 1.54) is 22.2 Å². The molecule has 0 radical (unpaired) electrons. The lowest BCUT2D eigenvalue weighted by molar-refractivity contribution is -0.141. The first-order valence-corrected chi connectivity index (χ1v) is 33.8. The fourth-order valence-corrected chi connectivity index (χ4v) is 12.4. The predicted molar refractivity (Wildman–Crippen MR) is 379 cm³/mol. The Morgan fingerprint density at radius 2 is 0.800 bits per heavy atom. The molecule has 3 atom stereocenters. The average molecular weight is 1480 g/mol. The quantitative estimate of drug-likeness (QED) is 0.0491. The number of nitrogens with one attached hydrogen (secondary N) is 6. The minimum absolute atomic E-state index is 0. The van der Waals surface area contributed by atoms with Gasteiger partial charge in [0, 0.05) is 154 Å². The number of hydrogen-bond donors (Lipinski definition) is 6. The molecule has 6 N–H and O–H groups in total. The lowest BCUT2D eigenvalue weighted by Crippen LogP contribution is -2.61. The zero-order valence-electron chi connectivity index (χ0n) is 57.7. The second kappa shape index (κ2) is 31.5. The highest BCUT2D eigenvalue weighted by molar-refractivity contribution is 5.95. The molecule has 105 heavy (non-hydrogen) atoms. The van der Waals surface area contributed by atoms with Gasteiger partial charge in [-0.15, -0.1) is 0 Å². The number of anilines is 3. The van der Waals surface area contributed by atoms with Crippen LogP contribution in [-0.4, -0.2) is 225 Å². The van der Waals surface area contributed by atoms with E-state index in [0.717, 1.165) is 29.0 Å². The summed E-state index contributed by atoms with van der Waals surface area (Å²) < 4.78 is 115. The molecule has 3 aliphatic heterocycles. The van der Waals surface area contributed by atoms with E-state index in [0.29, 0.717) is 94.6 Å². The van der Waals surface area contributed by atoms with Crippen LogP contribution in [0.2, 0.25) is 0 Å². The smallest absolute Gasteiger partial charge is 0.345 e. The molecule has 9 aromatic rings. The van der Waals surface area contributed by atoms with Gasteiger partial charge in [-0.3, -0.25) is 28.8 Å². The molecule has 9 aromatic heterocycles. The van der Waals surface area contributed by atoms with E-state index in [9.17, 15) is 68.3 Å². The first-order valence-electron chi connectivity index (χ1n) is 33.8. The van der Waals surface area contributed by atoms with E-state index in [1.807, 2.05) is 68.8 Å². The lowest BCUT2D eigenvalue weighted by atomic mass is 9.91. The topological polar surface area (TPSA) is 321 Å². The van der Waals surface area contributed by atoms with Gasteiger partial charge < -0.3 is 60.3 Å². The summed E-state index contributed by atoms with van der Waals surface area (Å²) in [5.74, 6) is -0.390. The average Bonchev–Trinajstić information content (AvgIpc) is 1.78. The number of halogens is 9. The van der Waals surface area contributed by atoms with E-state index < -0.39 is 74.0 Å². The van der Waals surface area contributed by atoms with Crippen LogP contribution in [0, 0.1) is 17.3 Å². The van der Waals surface area contributed by atoms with Crippen LogP contribution in [0.4, 0.5) is 57.0 Å². The van der Waals surface area contributed by atoms with Crippen molar-refractivity contribution in [2.75, 3.05) is 93.2 Å². The van der Waals surface area contributed by atoms with Gasteiger partial charge in [0.15, 0.2) is 17.5 Å². The predicted octanol–water partition coefficient (Wildman–Crippen LogP) is 9.27. The van der Waals surface area contributed by atoms with Gasteiger partial charge in [0.1, 0.15) is 72.2 Å². The Morgan fingerprint density at radius 1 is 0.467 bits per heavy atom. The van der Waals surface area contributed by atoms with Crippen molar-refractivity contribution in [1.29, 1.82) is 0 Å². The third kappa shape index (κ3) is 19.2. The van der Waals surface area contributed by atoms with Crippen LogP contribution in [0.15, 0.2) is 110 Å². The highest BCUT2D eigenvalue weighted by Gasteiger charge is 2.43. The normalized spacial score (nSPS) is 17.5. The maximum Gasteiger partial charge on any atom is 0.405 e. The number of fused-ring (bicyclic) bond motifs is 3. The molecule has 3 saturated heterocycles. The lowest BCUT2D eigenvalue weighted by Gasteiger charge is -2.41. The van der Waals surface area contributed by atoms with Crippen LogP contribution in [0.25, 0.3) is 67.3 Å². The Morgan fingerprint density at radius 3 is 1.12 bits per heavy atom. The van der Waals surface area contributed by atoms with Gasteiger partial charge in [0.2, 0.25) is 35.4 Å². The van der Waals surface area contributed by atoms with Crippen molar-refractivity contribution in [3.05, 3.63) is 110 Å². The summed E-state index contributed by atoms with van der Waals surface area (Å²) in [6.45, 7) is 6.88. The van der Waals surface area contributed by atoms with E-state index in [2.05, 4.69) is 59.8 Å². The molecular weight excluding hydrogens is 1390 g/mol. The second-order valence-electron chi connectivity index (χ2n) is 27.2. The molecule has 1 aliphatic carbocycles. The number of aromatic nitrogens is 12. The van der Waals surface area contributed by atoms with Gasteiger partial charge >= 0.3 is 18.5 Å². The summed E-state index contributed by atoms with van der Waals surface area (Å²) in [7, 11) is 0. The Hall–Kier alpha value is -11.1. The van der Waals surface area contributed by atoms with Crippen molar-refractivity contribution in [1.82, 2.24) is 90.5 Å². The SMILES string of the molecule is CC(C)(C)CC(=O)N1CCN(c2ccnc(-c3c[nH]c4ncccc34)n2)[C@@H](C(=O)NCC(F)(F)F)C1.CC(C)CC(=O)N1CCN(c2ccnc(-c3c[nH]c4ncccc34)n2)[C@@H](C(=O)NCC(F)(F)F)C1.O=C(NCC(F)(F)F)[C@H]1CN(C(=O)C2CC2)CCN1c1ccnc(-c2c[nH]c3ncccc23)n1.[HH].[HH].[HH].[HH].[HH]. The largest absolute Gasteiger partial charge is 0.405 e. The molecule has 27 nitrogen and oxygen atoms in total.